The van der Waals surface area contributed by atoms with Crippen molar-refractivity contribution in [2.75, 3.05) is 45.2 Å². The Morgan fingerprint density at radius 3 is 2.34 bits per heavy atom. The maximum Gasteiger partial charge on any atom is 0.253 e. The summed E-state index contributed by atoms with van der Waals surface area (Å²) in [5.41, 5.74) is 3.09. The van der Waals surface area contributed by atoms with Crippen LogP contribution in [0.15, 0.2) is 48.5 Å². The van der Waals surface area contributed by atoms with Crippen molar-refractivity contribution in [2.45, 2.75) is 45.6 Å². The molecule has 32 heavy (non-hydrogen) atoms. The third kappa shape index (κ3) is 6.88. The molecule has 0 radical (unpaired) electrons. The van der Waals surface area contributed by atoms with Gasteiger partial charge in [-0.05, 0) is 88.5 Å². The Labute approximate surface area is 199 Å². The zero-order chi connectivity index (χ0) is 22.1. The topological polar surface area (TPSA) is 44.8 Å². The fraction of sp³-hybridized carbons (Fsp3) is 0.500. The van der Waals surface area contributed by atoms with Gasteiger partial charge in [0.25, 0.3) is 5.91 Å². The minimum absolute atomic E-state index is 0. The van der Waals surface area contributed by atoms with E-state index in [2.05, 4.69) is 22.3 Å². The van der Waals surface area contributed by atoms with Gasteiger partial charge in [-0.15, -0.1) is 12.4 Å². The van der Waals surface area contributed by atoms with Gasteiger partial charge >= 0.3 is 0 Å². The van der Waals surface area contributed by atoms with Crippen LogP contribution in [0.2, 0.25) is 0 Å². The summed E-state index contributed by atoms with van der Waals surface area (Å²) in [4.78, 5) is 17.0. The zero-order valence-corrected chi connectivity index (χ0v) is 20.5. The molecule has 0 spiro atoms. The van der Waals surface area contributed by atoms with Gasteiger partial charge in [0.05, 0.1) is 7.11 Å². The van der Waals surface area contributed by atoms with E-state index in [0.29, 0.717) is 6.04 Å². The van der Waals surface area contributed by atoms with Crippen LogP contribution < -0.4 is 10.1 Å². The Morgan fingerprint density at radius 1 is 1.06 bits per heavy atom. The molecular formula is C26H38ClN3O2. The lowest BCUT2D eigenvalue weighted by molar-refractivity contribution is 0.0773. The predicted molar refractivity (Wildman–Crippen MR) is 135 cm³/mol. The van der Waals surface area contributed by atoms with E-state index in [4.69, 9.17) is 4.74 Å². The molecule has 1 heterocycles. The highest BCUT2D eigenvalue weighted by atomic mass is 35.5. The second kappa shape index (κ2) is 13.3. The number of amides is 1. The summed E-state index contributed by atoms with van der Waals surface area (Å²) in [7, 11) is 1.74. The van der Waals surface area contributed by atoms with E-state index in [1.165, 1.54) is 31.5 Å². The van der Waals surface area contributed by atoms with Crippen molar-refractivity contribution in [3.05, 3.63) is 59.7 Å². The molecular weight excluding hydrogens is 422 g/mol. The number of carbonyl (C=O) groups excluding carboxylic acids is 1. The summed E-state index contributed by atoms with van der Waals surface area (Å²) in [5.74, 6) is 1.08. The molecule has 0 saturated carbocycles. The van der Waals surface area contributed by atoms with E-state index in [0.717, 1.165) is 49.5 Å². The lowest BCUT2D eigenvalue weighted by Crippen LogP contribution is -2.38. The van der Waals surface area contributed by atoms with Gasteiger partial charge in [0.15, 0.2) is 0 Å². The molecule has 0 aliphatic carbocycles. The number of anilines is 1. The standard InChI is InChI=1S/C26H37N3O2.ClH/c1-4-28(5-2)26(30)22-12-15-23(16-13-22)27-20-24(29-18-8-9-19-29)17-14-21-10-6-7-11-25(21)31-3;/h6-7,10-13,15-16,24,27H,4-5,8-9,14,17-20H2,1-3H3;1H. The number of rotatable bonds is 11. The first kappa shape index (κ1) is 26.0. The summed E-state index contributed by atoms with van der Waals surface area (Å²) in [5, 5.41) is 3.61. The van der Waals surface area contributed by atoms with E-state index >= 15 is 0 Å². The molecule has 3 rings (SSSR count). The van der Waals surface area contributed by atoms with Gasteiger partial charge in [0, 0.05) is 36.9 Å². The fourth-order valence-electron chi connectivity index (χ4n) is 4.41. The normalized spacial score (nSPS) is 14.5. The Balaban J connectivity index is 0.00000363. The van der Waals surface area contributed by atoms with E-state index in [-0.39, 0.29) is 18.3 Å². The zero-order valence-electron chi connectivity index (χ0n) is 19.7. The molecule has 1 unspecified atom stereocenters. The fourth-order valence-corrected chi connectivity index (χ4v) is 4.41. The first-order valence-electron chi connectivity index (χ1n) is 11.6. The van der Waals surface area contributed by atoms with Crippen LogP contribution in [-0.2, 0) is 6.42 Å². The van der Waals surface area contributed by atoms with Gasteiger partial charge in [-0.25, -0.2) is 0 Å². The minimum Gasteiger partial charge on any atom is -0.496 e. The Kier molecular flexibility index (Phi) is 10.8. The first-order chi connectivity index (χ1) is 15.2. The average Bonchev–Trinajstić information content (AvgIpc) is 3.35. The summed E-state index contributed by atoms with van der Waals surface area (Å²) in [6.45, 7) is 8.75. The van der Waals surface area contributed by atoms with E-state index in [9.17, 15) is 4.79 Å². The molecule has 6 heteroatoms. The number of methoxy groups -OCH3 is 1. The lowest BCUT2D eigenvalue weighted by atomic mass is 10.0. The minimum atomic E-state index is 0. The van der Waals surface area contributed by atoms with Crippen molar-refractivity contribution in [3.63, 3.8) is 0 Å². The van der Waals surface area contributed by atoms with Gasteiger partial charge in [0.2, 0.25) is 0 Å². The van der Waals surface area contributed by atoms with Crippen LogP contribution in [0.3, 0.4) is 0 Å². The molecule has 1 saturated heterocycles. The van der Waals surface area contributed by atoms with Crippen molar-refractivity contribution < 1.29 is 9.53 Å². The number of ether oxygens (including phenoxy) is 1. The van der Waals surface area contributed by atoms with Crippen LogP contribution in [0.1, 0.15) is 49.0 Å². The lowest BCUT2D eigenvalue weighted by Gasteiger charge is -2.28. The summed E-state index contributed by atoms with van der Waals surface area (Å²) in [6, 6.07) is 16.7. The van der Waals surface area contributed by atoms with Crippen molar-refractivity contribution in [2.24, 2.45) is 0 Å². The predicted octanol–water partition coefficient (Wildman–Crippen LogP) is 5.11. The van der Waals surface area contributed by atoms with Crippen LogP contribution in [-0.4, -0.2) is 61.6 Å². The molecule has 1 N–H and O–H groups in total. The molecule has 1 aliphatic rings. The van der Waals surface area contributed by atoms with Crippen LogP contribution in [0.5, 0.6) is 5.75 Å². The average molecular weight is 460 g/mol. The van der Waals surface area contributed by atoms with Crippen molar-refractivity contribution in [3.8, 4) is 5.75 Å². The number of benzene rings is 2. The second-order valence-corrected chi connectivity index (χ2v) is 8.18. The number of nitrogens with zero attached hydrogens (tertiary/aromatic N) is 2. The Hall–Kier alpha value is -2.24. The third-order valence-electron chi connectivity index (χ3n) is 6.32. The molecule has 2 aromatic carbocycles. The first-order valence-corrected chi connectivity index (χ1v) is 11.6. The number of para-hydroxylation sites is 1. The van der Waals surface area contributed by atoms with Gasteiger partial charge in [-0.2, -0.15) is 0 Å². The van der Waals surface area contributed by atoms with Gasteiger partial charge in [-0.1, -0.05) is 18.2 Å². The van der Waals surface area contributed by atoms with Crippen LogP contribution in [0.4, 0.5) is 5.69 Å². The number of likely N-dealkylation sites (tertiary alicyclic amines) is 1. The third-order valence-corrected chi connectivity index (χ3v) is 6.32. The number of nitrogens with one attached hydrogen (secondary N) is 1. The SMILES string of the molecule is CCN(CC)C(=O)c1ccc(NCC(CCc2ccccc2OC)N2CCCC2)cc1.Cl. The van der Waals surface area contributed by atoms with Crippen molar-refractivity contribution >= 4 is 24.0 Å². The molecule has 0 bridgehead atoms. The summed E-state index contributed by atoms with van der Waals surface area (Å²) in [6.07, 6.45) is 4.66. The maximum absolute atomic E-state index is 12.5. The largest absolute Gasteiger partial charge is 0.496 e. The monoisotopic (exact) mass is 459 g/mol. The number of halogens is 1. The molecule has 1 atom stereocenters. The van der Waals surface area contributed by atoms with Crippen molar-refractivity contribution in [1.82, 2.24) is 9.80 Å². The number of hydrogen-bond acceptors (Lipinski definition) is 4. The molecule has 0 aromatic heterocycles. The summed E-state index contributed by atoms with van der Waals surface area (Å²) < 4.78 is 5.54. The highest BCUT2D eigenvalue weighted by molar-refractivity contribution is 5.94. The maximum atomic E-state index is 12.5. The molecule has 2 aromatic rings. The van der Waals surface area contributed by atoms with Crippen molar-refractivity contribution in [1.29, 1.82) is 0 Å². The van der Waals surface area contributed by atoms with E-state index in [1.807, 2.05) is 55.1 Å². The molecule has 1 amide bonds. The summed E-state index contributed by atoms with van der Waals surface area (Å²) >= 11 is 0. The quantitative estimate of drug-likeness (QED) is 0.507. The van der Waals surface area contributed by atoms with Crippen LogP contribution in [0, 0.1) is 0 Å². The Bertz CT molecular complexity index is 818. The highest BCUT2D eigenvalue weighted by Gasteiger charge is 2.22. The molecule has 1 fully saturated rings. The van der Waals surface area contributed by atoms with Crippen LogP contribution in [0.25, 0.3) is 0 Å². The highest BCUT2D eigenvalue weighted by Crippen LogP contribution is 2.23. The van der Waals surface area contributed by atoms with E-state index < -0.39 is 0 Å². The molecule has 176 valence electrons. The molecule has 5 nitrogen and oxygen atoms in total. The Morgan fingerprint density at radius 2 is 1.72 bits per heavy atom. The molecule has 1 aliphatic heterocycles. The number of hydrogen-bond donors (Lipinski definition) is 1. The van der Waals surface area contributed by atoms with Crippen LogP contribution >= 0.6 is 12.4 Å². The van der Waals surface area contributed by atoms with Gasteiger partial charge in [0.1, 0.15) is 5.75 Å². The number of carbonyl (C=O) groups is 1. The second-order valence-electron chi connectivity index (χ2n) is 8.18. The smallest absolute Gasteiger partial charge is 0.253 e. The number of aryl methyl sites for hydroxylation is 1. The van der Waals surface area contributed by atoms with Gasteiger partial charge < -0.3 is 15.0 Å². The van der Waals surface area contributed by atoms with Gasteiger partial charge in [-0.3, -0.25) is 9.69 Å². The van der Waals surface area contributed by atoms with E-state index in [1.54, 1.807) is 7.11 Å².